The number of hydrogen-bond acceptors (Lipinski definition) is 7. The standard InChI is InChI=1S/C33H34ClFN6O2S/c1-6-27(42)39-14-15-40(20(5)19(39)4)31-22-17-23(34)29-28-24(35)10-8-11-25(28)36-13-16-44-26-12-7-9-21(18(2)3)30(26)41(32(22)37-29)33(43)38-31/h6-12,17-20,36H,1,13-16H2,2-5H3/t19-,20+/m1/s1. The highest BCUT2D eigenvalue weighted by Gasteiger charge is 2.35. The Morgan fingerprint density at radius 2 is 1.93 bits per heavy atom. The van der Waals surface area contributed by atoms with Crippen molar-refractivity contribution in [2.75, 3.05) is 35.6 Å². The lowest BCUT2D eigenvalue weighted by molar-refractivity contribution is -0.129. The summed E-state index contributed by atoms with van der Waals surface area (Å²) in [4.78, 5) is 41.3. The van der Waals surface area contributed by atoms with E-state index in [9.17, 15) is 9.59 Å². The van der Waals surface area contributed by atoms with Gasteiger partial charge in [-0.05, 0) is 55.7 Å². The molecule has 0 saturated carbocycles. The van der Waals surface area contributed by atoms with Gasteiger partial charge >= 0.3 is 5.69 Å². The van der Waals surface area contributed by atoms with Gasteiger partial charge in [-0.2, -0.15) is 4.98 Å². The lowest BCUT2D eigenvalue weighted by atomic mass is 10.0. The molecule has 2 aliphatic heterocycles. The number of piperazine rings is 1. The molecular formula is C33H34ClFN6O2S. The number of amides is 1. The third kappa shape index (κ3) is 5.03. The summed E-state index contributed by atoms with van der Waals surface area (Å²) in [5, 5.41) is 4.17. The van der Waals surface area contributed by atoms with E-state index in [4.69, 9.17) is 16.6 Å². The van der Waals surface area contributed by atoms with E-state index in [1.54, 1.807) is 39.4 Å². The minimum absolute atomic E-state index is 0.0968. The summed E-state index contributed by atoms with van der Waals surface area (Å²) in [6.07, 6.45) is 1.32. The first-order valence-corrected chi connectivity index (χ1v) is 16.1. The zero-order valence-electron chi connectivity index (χ0n) is 25.1. The lowest BCUT2D eigenvalue weighted by Gasteiger charge is -2.45. The van der Waals surface area contributed by atoms with E-state index in [2.05, 4.69) is 30.7 Å². The van der Waals surface area contributed by atoms with Crippen LogP contribution in [0.4, 0.5) is 15.9 Å². The average molecular weight is 633 g/mol. The molecule has 0 spiro atoms. The van der Waals surface area contributed by atoms with Crippen molar-refractivity contribution in [1.82, 2.24) is 19.4 Å². The van der Waals surface area contributed by atoms with Crippen molar-refractivity contribution in [3.05, 3.63) is 82.0 Å². The summed E-state index contributed by atoms with van der Waals surface area (Å²) >= 11 is 8.57. The van der Waals surface area contributed by atoms with Gasteiger partial charge in [-0.15, -0.1) is 11.8 Å². The van der Waals surface area contributed by atoms with Crippen LogP contribution >= 0.6 is 23.4 Å². The quantitative estimate of drug-likeness (QED) is 0.258. The van der Waals surface area contributed by atoms with E-state index < -0.39 is 11.5 Å². The highest BCUT2D eigenvalue weighted by atomic mass is 35.5. The van der Waals surface area contributed by atoms with Crippen molar-refractivity contribution in [3.63, 3.8) is 0 Å². The molecule has 0 aliphatic carbocycles. The third-order valence-corrected chi connectivity index (χ3v) is 9.93. The van der Waals surface area contributed by atoms with Gasteiger partial charge in [-0.25, -0.2) is 18.7 Å². The highest BCUT2D eigenvalue weighted by Crippen LogP contribution is 2.41. The SMILES string of the molecule is C=CC(=O)N1CCN(c2nc(=O)n3c4nc(c(Cl)cc24)-c2c(F)cccc2NCCSc2cccc(C(C)C)c2-3)[C@@H](C)[C@H]1C. The summed E-state index contributed by atoms with van der Waals surface area (Å²) in [6.45, 7) is 13.2. The Kier molecular flexibility index (Phi) is 8.15. The van der Waals surface area contributed by atoms with Crippen molar-refractivity contribution >= 4 is 51.8 Å². The molecule has 44 heavy (non-hydrogen) atoms. The zero-order valence-corrected chi connectivity index (χ0v) is 26.7. The number of thioether (sulfide) groups is 1. The molecule has 0 unspecified atom stereocenters. The predicted molar refractivity (Wildman–Crippen MR) is 177 cm³/mol. The fraction of sp³-hybridized carbons (Fsp3) is 0.333. The molecule has 2 aromatic carbocycles. The van der Waals surface area contributed by atoms with Gasteiger partial charge in [-0.3, -0.25) is 4.79 Å². The fourth-order valence-corrected chi connectivity index (χ4v) is 7.38. The molecule has 2 atom stereocenters. The molecule has 0 radical (unpaired) electrons. The van der Waals surface area contributed by atoms with E-state index in [1.807, 2.05) is 36.9 Å². The summed E-state index contributed by atoms with van der Waals surface area (Å²) in [5.41, 5.74) is 2.61. The highest BCUT2D eigenvalue weighted by molar-refractivity contribution is 7.99. The Labute approximate surface area is 264 Å². The number of benzene rings is 2. The van der Waals surface area contributed by atoms with Crippen LogP contribution in [0.3, 0.4) is 0 Å². The number of fused-ring (bicyclic) bond motifs is 5. The van der Waals surface area contributed by atoms with Crippen LogP contribution in [0, 0.1) is 5.82 Å². The molecule has 8 nitrogen and oxygen atoms in total. The number of para-hydroxylation sites is 1. The molecule has 1 amide bonds. The Morgan fingerprint density at radius 3 is 2.68 bits per heavy atom. The second kappa shape index (κ2) is 11.9. The molecule has 1 fully saturated rings. The molecule has 2 aliphatic rings. The molecule has 1 N–H and O–H groups in total. The zero-order chi connectivity index (χ0) is 31.3. The summed E-state index contributed by atoms with van der Waals surface area (Å²) in [6, 6.07) is 12.3. The van der Waals surface area contributed by atoms with Gasteiger partial charge in [0.25, 0.3) is 0 Å². The summed E-state index contributed by atoms with van der Waals surface area (Å²) in [5.74, 6) is 0.594. The van der Waals surface area contributed by atoms with Gasteiger partial charge in [0, 0.05) is 48.1 Å². The second-order valence-corrected chi connectivity index (χ2v) is 13.0. The van der Waals surface area contributed by atoms with Crippen LogP contribution in [0.2, 0.25) is 5.02 Å². The first kappa shape index (κ1) is 30.1. The maximum Gasteiger partial charge on any atom is 0.355 e. The lowest BCUT2D eigenvalue weighted by Crippen LogP contribution is -2.59. The number of nitrogens with zero attached hydrogens (tertiary/aromatic N) is 5. The third-order valence-electron chi connectivity index (χ3n) is 8.60. The molecule has 4 aromatic rings. The van der Waals surface area contributed by atoms with Crippen molar-refractivity contribution < 1.29 is 9.18 Å². The number of carbonyl (C=O) groups is 1. The molecule has 228 valence electrons. The van der Waals surface area contributed by atoms with Crippen LogP contribution in [0.15, 0.2) is 64.8 Å². The molecule has 6 rings (SSSR count). The number of pyridine rings is 1. The molecule has 1 saturated heterocycles. The van der Waals surface area contributed by atoms with Crippen LogP contribution in [-0.4, -0.2) is 62.8 Å². The number of anilines is 2. The number of nitrogens with one attached hydrogen (secondary N) is 1. The molecule has 2 aromatic heterocycles. The van der Waals surface area contributed by atoms with Gasteiger partial charge in [-0.1, -0.05) is 50.2 Å². The van der Waals surface area contributed by atoms with E-state index in [0.29, 0.717) is 47.9 Å². The van der Waals surface area contributed by atoms with Crippen molar-refractivity contribution in [2.24, 2.45) is 0 Å². The van der Waals surface area contributed by atoms with Crippen LogP contribution in [0.5, 0.6) is 0 Å². The number of hydrogen-bond donors (Lipinski definition) is 1. The number of carbonyl (C=O) groups excluding carboxylic acids is 1. The predicted octanol–water partition coefficient (Wildman–Crippen LogP) is 6.49. The monoisotopic (exact) mass is 632 g/mol. The summed E-state index contributed by atoms with van der Waals surface area (Å²) < 4.78 is 17.1. The smallest absolute Gasteiger partial charge is 0.355 e. The largest absolute Gasteiger partial charge is 0.384 e. The van der Waals surface area contributed by atoms with Crippen LogP contribution in [0.25, 0.3) is 28.0 Å². The first-order chi connectivity index (χ1) is 21.1. The van der Waals surface area contributed by atoms with Crippen molar-refractivity contribution in [1.29, 1.82) is 0 Å². The van der Waals surface area contributed by atoms with Gasteiger partial charge in [0.2, 0.25) is 5.91 Å². The summed E-state index contributed by atoms with van der Waals surface area (Å²) in [7, 11) is 0. The average Bonchev–Trinajstić information content (AvgIpc) is 2.99. The maximum atomic E-state index is 15.6. The van der Waals surface area contributed by atoms with Crippen LogP contribution in [0.1, 0.15) is 39.2 Å². The maximum absolute atomic E-state index is 15.6. The van der Waals surface area contributed by atoms with E-state index in [-0.39, 0.29) is 40.2 Å². The Morgan fingerprint density at radius 1 is 1.16 bits per heavy atom. The second-order valence-electron chi connectivity index (χ2n) is 11.4. The number of halogens is 2. The van der Waals surface area contributed by atoms with E-state index in [0.717, 1.165) is 16.1 Å². The normalized spacial score (nSPS) is 18.3. The Bertz CT molecular complexity index is 1860. The van der Waals surface area contributed by atoms with Crippen molar-refractivity contribution in [2.45, 2.75) is 50.6 Å². The molecule has 2 bridgehead atoms. The van der Waals surface area contributed by atoms with Crippen LogP contribution in [-0.2, 0) is 4.79 Å². The molecular weight excluding hydrogens is 599 g/mol. The molecule has 11 heteroatoms. The van der Waals surface area contributed by atoms with Gasteiger partial charge in [0.05, 0.1) is 27.4 Å². The Balaban J connectivity index is 1.69. The number of aromatic nitrogens is 3. The van der Waals surface area contributed by atoms with E-state index >= 15 is 4.39 Å². The van der Waals surface area contributed by atoms with Gasteiger partial charge < -0.3 is 15.1 Å². The van der Waals surface area contributed by atoms with E-state index in [1.165, 1.54) is 12.1 Å². The first-order valence-electron chi connectivity index (χ1n) is 14.7. The minimum atomic E-state index is -0.489. The fourth-order valence-electron chi connectivity index (χ4n) is 6.19. The number of rotatable bonds is 3. The minimum Gasteiger partial charge on any atom is -0.384 e. The Hall–Kier alpha value is -3.89. The van der Waals surface area contributed by atoms with Crippen LogP contribution < -0.4 is 15.9 Å². The van der Waals surface area contributed by atoms with Gasteiger partial charge in [0.1, 0.15) is 11.6 Å². The topological polar surface area (TPSA) is 83.4 Å². The molecule has 4 heterocycles. The van der Waals surface area contributed by atoms with Crippen molar-refractivity contribution in [3.8, 4) is 16.9 Å². The van der Waals surface area contributed by atoms with Gasteiger partial charge in [0.15, 0.2) is 5.65 Å².